The third-order valence-corrected chi connectivity index (χ3v) is 2.98. The van der Waals surface area contributed by atoms with Crippen molar-refractivity contribution in [2.75, 3.05) is 11.2 Å². The zero-order chi connectivity index (χ0) is 11.6. The van der Waals surface area contributed by atoms with Crippen molar-refractivity contribution in [2.45, 2.75) is 27.7 Å². The zero-order valence-electron chi connectivity index (χ0n) is 9.57. The van der Waals surface area contributed by atoms with Gasteiger partial charge in [0.1, 0.15) is 5.88 Å². The summed E-state index contributed by atoms with van der Waals surface area (Å²) in [4.78, 5) is 11.2. The summed E-state index contributed by atoms with van der Waals surface area (Å²) in [6, 6.07) is 2.08. The Hall–Kier alpha value is -1.02. The van der Waals surface area contributed by atoms with E-state index in [9.17, 15) is 4.79 Å². The van der Waals surface area contributed by atoms with Crippen molar-refractivity contribution in [3.05, 3.63) is 28.3 Å². The number of aryl methyl sites for hydroxylation is 2. The van der Waals surface area contributed by atoms with Crippen LogP contribution in [-0.2, 0) is 4.79 Å². The van der Waals surface area contributed by atoms with Gasteiger partial charge in [-0.2, -0.15) is 0 Å². The second kappa shape index (κ2) is 4.67. The smallest absolute Gasteiger partial charge is 0.239 e. The monoisotopic (exact) mass is 225 g/mol. The number of anilines is 1. The Balaban J connectivity index is 3.18. The van der Waals surface area contributed by atoms with Gasteiger partial charge in [0, 0.05) is 5.69 Å². The fourth-order valence-corrected chi connectivity index (χ4v) is 1.72. The number of nitrogens with one attached hydrogen (secondary N) is 1. The van der Waals surface area contributed by atoms with Crippen LogP contribution in [0.5, 0.6) is 0 Å². The van der Waals surface area contributed by atoms with Crippen LogP contribution in [0.1, 0.15) is 22.3 Å². The molecule has 2 nitrogen and oxygen atoms in total. The number of alkyl halides is 1. The van der Waals surface area contributed by atoms with Gasteiger partial charge in [-0.1, -0.05) is 6.07 Å². The minimum atomic E-state index is -0.161. The highest BCUT2D eigenvalue weighted by Crippen LogP contribution is 2.26. The SMILES string of the molecule is Cc1cc(C)c(NC(=O)CCl)c(C)c1C. The van der Waals surface area contributed by atoms with E-state index in [4.69, 9.17) is 11.6 Å². The third kappa shape index (κ3) is 2.51. The van der Waals surface area contributed by atoms with Crippen LogP contribution in [0.3, 0.4) is 0 Å². The fraction of sp³-hybridized carbons (Fsp3) is 0.417. The van der Waals surface area contributed by atoms with Crippen molar-refractivity contribution in [3.63, 3.8) is 0 Å². The minimum Gasteiger partial charge on any atom is -0.325 e. The lowest BCUT2D eigenvalue weighted by atomic mass is 9.98. The molecule has 0 aliphatic rings. The fourth-order valence-electron chi connectivity index (χ4n) is 1.65. The zero-order valence-corrected chi connectivity index (χ0v) is 10.3. The predicted molar refractivity (Wildman–Crippen MR) is 64.7 cm³/mol. The molecule has 82 valence electrons. The van der Waals surface area contributed by atoms with E-state index in [0.29, 0.717) is 0 Å². The normalized spacial score (nSPS) is 10.2. The van der Waals surface area contributed by atoms with E-state index in [2.05, 4.69) is 25.2 Å². The number of halogens is 1. The Labute approximate surface area is 95.6 Å². The molecule has 0 spiro atoms. The van der Waals surface area contributed by atoms with Crippen molar-refractivity contribution in [3.8, 4) is 0 Å². The molecule has 0 saturated heterocycles. The van der Waals surface area contributed by atoms with E-state index in [1.54, 1.807) is 0 Å². The molecule has 0 aliphatic heterocycles. The summed E-state index contributed by atoms with van der Waals surface area (Å²) in [7, 11) is 0. The predicted octanol–water partition coefficient (Wildman–Crippen LogP) is 3.10. The Bertz CT molecular complexity index is 399. The first-order valence-corrected chi connectivity index (χ1v) is 5.44. The van der Waals surface area contributed by atoms with E-state index in [-0.39, 0.29) is 11.8 Å². The number of carbonyl (C=O) groups is 1. The minimum absolute atomic E-state index is 0.00813. The average Bonchev–Trinajstić information content (AvgIpc) is 2.21. The van der Waals surface area contributed by atoms with E-state index >= 15 is 0 Å². The molecule has 1 N–H and O–H groups in total. The maximum absolute atomic E-state index is 11.2. The Morgan fingerprint density at radius 3 is 2.33 bits per heavy atom. The van der Waals surface area contributed by atoms with Gasteiger partial charge in [-0.15, -0.1) is 11.6 Å². The van der Waals surface area contributed by atoms with Gasteiger partial charge >= 0.3 is 0 Å². The quantitative estimate of drug-likeness (QED) is 0.770. The van der Waals surface area contributed by atoms with Crippen LogP contribution >= 0.6 is 11.6 Å². The number of hydrogen-bond acceptors (Lipinski definition) is 1. The molecule has 0 fully saturated rings. The molecular formula is C12H16ClNO. The highest BCUT2D eigenvalue weighted by Gasteiger charge is 2.10. The summed E-state index contributed by atoms with van der Waals surface area (Å²) in [5.41, 5.74) is 5.54. The first-order chi connectivity index (χ1) is 6.97. The molecule has 0 bridgehead atoms. The maximum atomic E-state index is 11.2. The van der Waals surface area contributed by atoms with Gasteiger partial charge in [0.05, 0.1) is 0 Å². The van der Waals surface area contributed by atoms with Crippen molar-refractivity contribution in [1.29, 1.82) is 0 Å². The van der Waals surface area contributed by atoms with Gasteiger partial charge in [0.25, 0.3) is 0 Å². The molecule has 1 rings (SSSR count). The molecule has 1 aromatic carbocycles. The highest BCUT2D eigenvalue weighted by atomic mass is 35.5. The van der Waals surface area contributed by atoms with Crippen LogP contribution in [0.2, 0.25) is 0 Å². The lowest BCUT2D eigenvalue weighted by molar-refractivity contribution is -0.113. The lowest BCUT2D eigenvalue weighted by Crippen LogP contribution is -2.15. The van der Waals surface area contributed by atoms with Crippen LogP contribution in [0, 0.1) is 27.7 Å². The summed E-state index contributed by atoms with van der Waals surface area (Å²) in [5.74, 6) is -0.169. The van der Waals surface area contributed by atoms with Crippen LogP contribution < -0.4 is 5.32 Å². The largest absolute Gasteiger partial charge is 0.325 e. The number of hydrogen-bond donors (Lipinski definition) is 1. The van der Waals surface area contributed by atoms with Crippen LogP contribution in [-0.4, -0.2) is 11.8 Å². The first kappa shape index (κ1) is 12.1. The van der Waals surface area contributed by atoms with E-state index in [1.165, 1.54) is 11.1 Å². The molecule has 1 aromatic rings. The molecule has 0 atom stereocenters. The number of rotatable bonds is 2. The molecule has 0 radical (unpaired) electrons. The summed E-state index contributed by atoms with van der Waals surface area (Å²) < 4.78 is 0. The van der Waals surface area contributed by atoms with Crippen molar-refractivity contribution >= 4 is 23.2 Å². The lowest BCUT2D eigenvalue weighted by Gasteiger charge is -2.15. The molecular weight excluding hydrogens is 210 g/mol. The molecule has 1 amide bonds. The van der Waals surface area contributed by atoms with Gasteiger partial charge in [-0.3, -0.25) is 4.79 Å². The van der Waals surface area contributed by atoms with E-state index in [0.717, 1.165) is 16.8 Å². The molecule has 0 saturated carbocycles. The molecule has 0 aromatic heterocycles. The Morgan fingerprint density at radius 2 is 1.80 bits per heavy atom. The topological polar surface area (TPSA) is 29.1 Å². The Kier molecular flexibility index (Phi) is 3.75. The van der Waals surface area contributed by atoms with E-state index in [1.807, 2.05) is 13.8 Å². The first-order valence-electron chi connectivity index (χ1n) is 4.90. The molecule has 0 unspecified atom stereocenters. The molecule has 0 heterocycles. The van der Waals surface area contributed by atoms with Crippen LogP contribution in [0.4, 0.5) is 5.69 Å². The van der Waals surface area contributed by atoms with Crippen molar-refractivity contribution in [2.24, 2.45) is 0 Å². The van der Waals surface area contributed by atoms with Crippen LogP contribution in [0.15, 0.2) is 6.07 Å². The van der Waals surface area contributed by atoms with Gasteiger partial charge in [0.2, 0.25) is 5.91 Å². The summed E-state index contributed by atoms with van der Waals surface area (Å²) in [5, 5.41) is 2.83. The second-order valence-electron chi connectivity index (χ2n) is 3.82. The maximum Gasteiger partial charge on any atom is 0.239 e. The van der Waals surface area contributed by atoms with Gasteiger partial charge in [0.15, 0.2) is 0 Å². The average molecular weight is 226 g/mol. The highest BCUT2D eigenvalue weighted by molar-refractivity contribution is 6.29. The third-order valence-electron chi connectivity index (χ3n) is 2.74. The summed E-state index contributed by atoms with van der Waals surface area (Å²) in [6.07, 6.45) is 0. The number of carbonyl (C=O) groups excluding carboxylic acids is 1. The van der Waals surface area contributed by atoms with Gasteiger partial charge in [-0.25, -0.2) is 0 Å². The van der Waals surface area contributed by atoms with Gasteiger partial charge in [-0.05, 0) is 49.9 Å². The Morgan fingerprint density at radius 1 is 1.20 bits per heavy atom. The standard InChI is InChI=1S/C12H16ClNO/c1-7-5-8(2)12(10(4)9(7)3)14-11(15)6-13/h5H,6H2,1-4H3,(H,14,15). The molecule has 0 aliphatic carbocycles. The van der Waals surface area contributed by atoms with Crippen molar-refractivity contribution < 1.29 is 4.79 Å². The molecule has 3 heteroatoms. The van der Waals surface area contributed by atoms with Crippen LogP contribution in [0.25, 0.3) is 0 Å². The van der Waals surface area contributed by atoms with Gasteiger partial charge < -0.3 is 5.32 Å². The number of benzene rings is 1. The van der Waals surface area contributed by atoms with Crippen molar-refractivity contribution in [1.82, 2.24) is 0 Å². The molecule has 15 heavy (non-hydrogen) atoms. The number of amides is 1. The summed E-state index contributed by atoms with van der Waals surface area (Å²) in [6.45, 7) is 8.13. The summed E-state index contributed by atoms with van der Waals surface area (Å²) >= 11 is 5.47. The second-order valence-corrected chi connectivity index (χ2v) is 4.08. The van der Waals surface area contributed by atoms with E-state index < -0.39 is 0 Å².